The molecule has 0 bridgehead atoms. The first-order chi connectivity index (χ1) is 13.2. The van der Waals surface area contributed by atoms with Crippen molar-refractivity contribution >= 4 is 29.9 Å². The van der Waals surface area contributed by atoms with E-state index >= 15 is 0 Å². The summed E-state index contributed by atoms with van der Waals surface area (Å²) in [4.78, 5) is 27.0. The predicted molar refractivity (Wildman–Crippen MR) is 114 cm³/mol. The van der Waals surface area contributed by atoms with Crippen LogP contribution in [0.25, 0.3) is 0 Å². The summed E-state index contributed by atoms with van der Waals surface area (Å²) in [6.45, 7) is 1.78. The number of rotatable bonds is 8. The Morgan fingerprint density at radius 3 is 2.57 bits per heavy atom. The van der Waals surface area contributed by atoms with Gasteiger partial charge in [0.25, 0.3) is 0 Å². The van der Waals surface area contributed by atoms with Gasteiger partial charge < -0.3 is 16.0 Å². The number of para-hydroxylation sites is 1. The number of anilines is 1. The van der Waals surface area contributed by atoms with Crippen LogP contribution < -0.4 is 11.1 Å². The third-order valence-corrected chi connectivity index (χ3v) is 5.02. The van der Waals surface area contributed by atoms with Gasteiger partial charge in [-0.2, -0.15) is 0 Å². The lowest BCUT2D eigenvalue weighted by molar-refractivity contribution is -0.132. The Morgan fingerprint density at radius 1 is 1.11 bits per heavy atom. The Kier molecular flexibility index (Phi) is 8.48. The number of nitrogens with two attached hydrogens (primary N) is 1. The van der Waals surface area contributed by atoms with Gasteiger partial charge in [-0.15, -0.1) is 12.4 Å². The van der Waals surface area contributed by atoms with Crippen molar-refractivity contribution in [3.8, 4) is 0 Å². The molecule has 0 radical (unpaired) electrons. The van der Waals surface area contributed by atoms with Crippen molar-refractivity contribution in [1.29, 1.82) is 0 Å². The van der Waals surface area contributed by atoms with Crippen LogP contribution in [0, 0.1) is 5.92 Å². The van der Waals surface area contributed by atoms with Gasteiger partial charge in [0, 0.05) is 31.1 Å². The summed E-state index contributed by atoms with van der Waals surface area (Å²) in [5.74, 6) is -0.0611. The van der Waals surface area contributed by atoms with Gasteiger partial charge in [-0.3, -0.25) is 9.59 Å². The molecule has 0 aromatic heterocycles. The molecule has 1 heterocycles. The Bertz CT molecular complexity index is 782. The van der Waals surface area contributed by atoms with Gasteiger partial charge in [-0.1, -0.05) is 48.5 Å². The van der Waals surface area contributed by atoms with Gasteiger partial charge in [-0.05, 0) is 43.0 Å². The van der Waals surface area contributed by atoms with E-state index in [2.05, 4.69) is 5.32 Å². The van der Waals surface area contributed by atoms with Gasteiger partial charge in [-0.25, -0.2) is 0 Å². The predicted octanol–water partition coefficient (Wildman–Crippen LogP) is 3.38. The number of halogens is 1. The van der Waals surface area contributed by atoms with Crippen LogP contribution in [-0.2, 0) is 22.6 Å². The number of carbonyl (C=O) groups is 2. The molecule has 5 nitrogen and oxygen atoms in total. The second kappa shape index (κ2) is 10.8. The zero-order valence-electron chi connectivity index (χ0n) is 16.0. The Balaban J connectivity index is 0.00000280. The summed E-state index contributed by atoms with van der Waals surface area (Å²) in [7, 11) is 0. The Labute approximate surface area is 172 Å². The highest BCUT2D eigenvalue weighted by Crippen LogP contribution is 2.27. The first-order valence-corrected chi connectivity index (χ1v) is 9.58. The van der Waals surface area contributed by atoms with E-state index in [9.17, 15) is 9.59 Å². The topological polar surface area (TPSA) is 75.4 Å². The summed E-state index contributed by atoms with van der Waals surface area (Å²) in [6.07, 6.45) is 2.40. The van der Waals surface area contributed by atoms with Gasteiger partial charge in [0.15, 0.2) is 0 Å². The molecule has 0 spiro atoms. The summed E-state index contributed by atoms with van der Waals surface area (Å²) in [5.41, 5.74) is 8.76. The molecule has 0 fully saturated rings. The van der Waals surface area contributed by atoms with E-state index in [4.69, 9.17) is 5.73 Å². The molecule has 0 saturated carbocycles. The molecular formula is C22H28ClN3O2. The van der Waals surface area contributed by atoms with Crippen molar-refractivity contribution < 1.29 is 9.59 Å². The molecule has 1 atom stereocenters. The third-order valence-electron chi connectivity index (χ3n) is 5.02. The van der Waals surface area contributed by atoms with Crippen molar-refractivity contribution in [2.45, 2.75) is 32.2 Å². The first-order valence-electron chi connectivity index (χ1n) is 9.58. The second-order valence-corrected chi connectivity index (χ2v) is 7.03. The summed E-state index contributed by atoms with van der Waals surface area (Å²) < 4.78 is 0. The average Bonchev–Trinajstić information content (AvgIpc) is 2.70. The van der Waals surface area contributed by atoms with E-state index < -0.39 is 0 Å². The number of hydrogen-bond acceptors (Lipinski definition) is 3. The molecule has 2 aromatic carbocycles. The second-order valence-electron chi connectivity index (χ2n) is 7.03. The fraction of sp³-hybridized carbons (Fsp3) is 0.364. The number of nitrogens with zero attached hydrogens (tertiary/aromatic N) is 1. The van der Waals surface area contributed by atoms with Crippen molar-refractivity contribution in [3.63, 3.8) is 0 Å². The monoisotopic (exact) mass is 401 g/mol. The highest BCUT2D eigenvalue weighted by molar-refractivity contribution is 5.96. The minimum atomic E-state index is -0.156. The van der Waals surface area contributed by atoms with Crippen LogP contribution in [0.4, 0.5) is 5.69 Å². The average molecular weight is 402 g/mol. The van der Waals surface area contributed by atoms with E-state index in [-0.39, 0.29) is 30.1 Å². The number of nitrogens with one attached hydrogen (secondary N) is 1. The molecule has 3 N–H and O–H groups in total. The van der Waals surface area contributed by atoms with Gasteiger partial charge >= 0.3 is 0 Å². The van der Waals surface area contributed by atoms with Gasteiger partial charge in [0.05, 0.1) is 0 Å². The molecular weight excluding hydrogens is 374 g/mol. The number of fused-ring (bicyclic) bond motifs is 1. The van der Waals surface area contributed by atoms with Crippen LogP contribution in [0.1, 0.15) is 30.4 Å². The lowest BCUT2D eigenvalue weighted by Crippen LogP contribution is -2.34. The first kappa shape index (κ1) is 21.9. The molecule has 1 aliphatic heterocycles. The maximum absolute atomic E-state index is 12.8. The molecule has 1 aliphatic rings. The van der Waals surface area contributed by atoms with Crippen LogP contribution >= 0.6 is 12.4 Å². The van der Waals surface area contributed by atoms with Gasteiger partial charge in [0.1, 0.15) is 0 Å². The normalized spacial score (nSPS) is 15.2. The highest BCUT2D eigenvalue weighted by Gasteiger charge is 2.27. The molecule has 3 rings (SSSR count). The molecule has 0 saturated heterocycles. The lowest BCUT2D eigenvalue weighted by atomic mass is 9.89. The van der Waals surface area contributed by atoms with E-state index in [1.165, 1.54) is 0 Å². The lowest BCUT2D eigenvalue weighted by Gasteiger charge is -2.26. The van der Waals surface area contributed by atoms with Crippen molar-refractivity contribution in [2.24, 2.45) is 11.7 Å². The van der Waals surface area contributed by atoms with Crippen LogP contribution in [0.15, 0.2) is 54.6 Å². The van der Waals surface area contributed by atoms with Crippen LogP contribution in [0.2, 0.25) is 0 Å². The SMILES string of the molecule is Cl.NCCCN(Cc1ccccc1)C(=O)CCC1Cc2ccccc2NC1=O. The van der Waals surface area contributed by atoms with Crippen molar-refractivity contribution in [3.05, 3.63) is 65.7 Å². The molecule has 1 unspecified atom stereocenters. The van der Waals surface area contributed by atoms with Crippen LogP contribution in [0.3, 0.4) is 0 Å². The molecule has 2 aromatic rings. The summed E-state index contributed by atoms with van der Waals surface area (Å²) in [6, 6.07) is 17.8. The van der Waals surface area contributed by atoms with Crippen LogP contribution in [-0.4, -0.2) is 29.8 Å². The fourth-order valence-corrected chi connectivity index (χ4v) is 3.48. The van der Waals surface area contributed by atoms with Crippen LogP contribution in [0.5, 0.6) is 0 Å². The Hall–Kier alpha value is -2.37. The Morgan fingerprint density at radius 2 is 1.82 bits per heavy atom. The van der Waals surface area contributed by atoms with E-state index in [0.717, 1.165) is 23.2 Å². The fourth-order valence-electron chi connectivity index (χ4n) is 3.48. The number of benzene rings is 2. The van der Waals surface area contributed by atoms with E-state index in [1.54, 1.807) is 0 Å². The number of hydrogen-bond donors (Lipinski definition) is 2. The highest BCUT2D eigenvalue weighted by atomic mass is 35.5. The molecule has 150 valence electrons. The molecule has 2 amide bonds. The van der Waals surface area contributed by atoms with Crippen molar-refractivity contribution in [1.82, 2.24) is 4.90 Å². The quantitative estimate of drug-likeness (QED) is 0.712. The zero-order valence-corrected chi connectivity index (χ0v) is 16.8. The molecule has 28 heavy (non-hydrogen) atoms. The summed E-state index contributed by atoms with van der Waals surface area (Å²) >= 11 is 0. The van der Waals surface area contributed by atoms with E-state index in [0.29, 0.717) is 38.9 Å². The molecule has 6 heteroatoms. The number of carbonyl (C=O) groups excluding carboxylic acids is 2. The largest absolute Gasteiger partial charge is 0.338 e. The third kappa shape index (κ3) is 5.81. The summed E-state index contributed by atoms with van der Waals surface area (Å²) in [5, 5.41) is 2.96. The number of amides is 2. The maximum Gasteiger partial charge on any atom is 0.227 e. The zero-order chi connectivity index (χ0) is 19.1. The standard InChI is InChI=1S/C22H27N3O2.ClH/c23-13-6-14-25(16-17-7-2-1-3-8-17)21(26)12-11-19-15-18-9-4-5-10-20(18)24-22(19)27;/h1-5,7-10,19H,6,11-16,23H2,(H,24,27);1H. The minimum Gasteiger partial charge on any atom is -0.338 e. The van der Waals surface area contributed by atoms with Gasteiger partial charge in [0.2, 0.25) is 11.8 Å². The minimum absolute atomic E-state index is 0. The smallest absolute Gasteiger partial charge is 0.227 e. The van der Waals surface area contributed by atoms with E-state index in [1.807, 2.05) is 59.5 Å². The van der Waals surface area contributed by atoms with Crippen molar-refractivity contribution in [2.75, 3.05) is 18.4 Å². The maximum atomic E-state index is 12.8. The molecule has 0 aliphatic carbocycles.